The Kier molecular flexibility index (Phi) is 7.22. The predicted molar refractivity (Wildman–Crippen MR) is 142 cm³/mol. The molecule has 1 N–H and O–H groups in total. The highest BCUT2D eigenvalue weighted by Gasteiger charge is 2.29. The highest BCUT2D eigenvalue weighted by molar-refractivity contribution is 5.94. The third-order valence-corrected chi connectivity index (χ3v) is 6.50. The number of hydrogen-bond donors (Lipinski definition) is 1. The first-order valence-electron chi connectivity index (χ1n) is 12.7. The maximum atomic E-state index is 13.8. The third-order valence-electron chi connectivity index (χ3n) is 6.50. The van der Waals surface area contributed by atoms with Gasteiger partial charge in [-0.3, -0.25) is 9.78 Å². The van der Waals surface area contributed by atoms with Crippen molar-refractivity contribution in [2.75, 3.05) is 18.0 Å². The average Bonchev–Trinajstić information content (AvgIpc) is 2.90. The highest BCUT2D eigenvalue weighted by atomic mass is 19.3. The summed E-state index contributed by atoms with van der Waals surface area (Å²) in [7, 11) is 0. The molecule has 202 valence electrons. The van der Waals surface area contributed by atoms with Gasteiger partial charge in [-0.2, -0.15) is 0 Å². The number of alkyl halides is 2. The van der Waals surface area contributed by atoms with Crippen molar-refractivity contribution >= 4 is 22.6 Å². The molecule has 1 aliphatic heterocycles. The molecule has 39 heavy (non-hydrogen) atoms. The Morgan fingerprint density at radius 2 is 1.79 bits per heavy atom. The molecule has 7 nitrogen and oxygen atoms in total. The van der Waals surface area contributed by atoms with Crippen molar-refractivity contribution < 1.29 is 22.7 Å². The van der Waals surface area contributed by atoms with Gasteiger partial charge in [0, 0.05) is 37.2 Å². The molecule has 4 aromatic rings. The molecule has 2 atom stereocenters. The molecule has 0 radical (unpaired) electrons. The van der Waals surface area contributed by atoms with Gasteiger partial charge in [0.05, 0.1) is 46.9 Å². The van der Waals surface area contributed by atoms with Crippen LogP contribution in [0, 0.1) is 5.82 Å². The lowest BCUT2D eigenvalue weighted by molar-refractivity contribution is -0.00546. The topological polar surface area (TPSA) is 80.2 Å². The minimum absolute atomic E-state index is 0.0387. The lowest BCUT2D eigenvalue weighted by Crippen LogP contribution is -2.45. The monoisotopic (exact) mass is 535 g/mol. The molecule has 5 rings (SSSR count). The van der Waals surface area contributed by atoms with E-state index >= 15 is 0 Å². The first-order valence-corrected chi connectivity index (χ1v) is 12.7. The van der Waals surface area contributed by atoms with Crippen LogP contribution in [-0.2, 0) is 17.2 Å². The van der Waals surface area contributed by atoms with Gasteiger partial charge in [-0.1, -0.05) is 6.07 Å². The van der Waals surface area contributed by atoms with Crippen molar-refractivity contribution in [3.63, 3.8) is 0 Å². The minimum atomic E-state index is -3.41. The zero-order valence-corrected chi connectivity index (χ0v) is 21.8. The Hall–Kier alpha value is -4.05. The third kappa shape index (κ3) is 6.01. The van der Waals surface area contributed by atoms with E-state index in [4.69, 9.17) is 14.7 Å². The molecule has 3 aromatic heterocycles. The maximum Gasteiger partial charge on any atom is 0.273 e. The van der Waals surface area contributed by atoms with Gasteiger partial charge >= 0.3 is 0 Å². The lowest BCUT2D eigenvalue weighted by atomic mass is 10.0. The number of fused-ring (bicyclic) bond motifs is 1. The molecule has 0 spiro atoms. The molecular formula is C29H28F3N5O2. The summed E-state index contributed by atoms with van der Waals surface area (Å²) in [6.07, 6.45) is 1.88. The first kappa shape index (κ1) is 26.6. The van der Waals surface area contributed by atoms with Crippen molar-refractivity contribution in [3.8, 4) is 11.4 Å². The van der Waals surface area contributed by atoms with Crippen LogP contribution < -0.4 is 10.2 Å². The summed E-state index contributed by atoms with van der Waals surface area (Å²) in [5.74, 6) is -4.22. The summed E-state index contributed by atoms with van der Waals surface area (Å²) in [4.78, 5) is 28.8. The quantitative estimate of drug-likeness (QED) is 0.352. The second-order valence-corrected chi connectivity index (χ2v) is 9.87. The van der Waals surface area contributed by atoms with Crippen molar-refractivity contribution in [2.45, 2.75) is 45.4 Å². The van der Waals surface area contributed by atoms with Crippen LogP contribution in [0.5, 0.6) is 0 Å². The molecule has 10 heteroatoms. The van der Waals surface area contributed by atoms with Crippen molar-refractivity contribution in [2.24, 2.45) is 0 Å². The molecule has 0 saturated carbocycles. The van der Waals surface area contributed by atoms with E-state index in [1.165, 1.54) is 6.07 Å². The Bertz CT molecular complexity index is 1510. The number of anilines is 1. The van der Waals surface area contributed by atoms with Gasteiger partial charge in [0.1, 0.15) is 11.6 Å². The molecule has 0 unspecified atom stereocenters. The number of hydrogen-bond acceptors (Lipinski definition) is 6. The zero-order chi connectivity index (χ0) is 27.7. The van der Waals surface area contributed by atoms with Crippen LogP contribution in [-0.4, -0.2) is 46.2 Å². The van der Waals surface area contributed by atoms with Crippen LogP contribution in [0.4, 0.5) is 19.0 Å². The van der Waals surface area contributed by atoms with E-state index in [1.807, 2.05) is 44.2 Å². The van der Waals surface area contributed by atoms with Gasteiger partial charge in [-0.25, -0.2) is 23.1 Å². The van der Waals surface area contributed by atoms with E-state index in [0.717, 1.165) is 42.1 Å². The predicted octanol–water partition coefficient (Wildman–Crippen LogP) is 5.49. The Morgan fingerprint density at radius 3 is 2.54 bits per heavy atom. The lowest BCUT2D eigenvalue weighted by Gasteiger charge is -2.36. The van der Waals surface area contributed by atoms with Crippen LogP contribution in [0.15, 0.2) is 60.8 Å². The molecule has 1 amide bonds. The van der Waals surface area contributed by atoms with Crippen LogP contribution >= 0.6 is 0 Å². The van der Waals surface area contributed by atoms with Gasteiger partial charge in [-0.15, -0.1) is 0 Å². The fraction of sp³-hybridized carbons (Fsp3) is 0.310. The van der Waals surface area contributed by atoms with E-state index in [9.17, 15) is 18.0 Å². The van der Waals surface area contributed by atoms with Crippen molar-refractivity contribution in [1.82, 2.24) is 20.3 Å². The van der Waals surface area contributed by atoms with E-state index in [-0.39, 0.29) is 24.3 Å². The molecule has 0 bridgehead atoms. The normalized spacial score (nSPS) is 17.8. The van der Waals surface area contributed by atoms with Gasteiger partial charge in [0.25, 0.3) is 11.8 Å². The Balaban J connectivity index is 1.33. The number of rotatable bonds is 6. The summed E-state index contributed by atoms with van der Waals surface area (Å²) in [5.41, 5.74) is 1.73. The van der Waals surface area contributed by atoms with E-state index in [2.05, 4.69) is 15.2 Å². The molecule has 0 aliphatic carbocycles. The van der Waals surface area contributed by atoms with E-state index in [0.29, 0.717) is 23.8 Å². The minimum Gasteiger partial charge on any atom is -0.372 e. The zero-order valence-electron chi connectivity index (χ0n) is 21.8. The fourth-order valence-corrected chi connectivity index (χ4v) is 4.68. The second kappa shape index (κ2) is 10.6. The molecule has 1 fully saturated rings. The molecule has 1 saturated heterocycles. The number of amides is 1. The van der Waals surface area contributed by atoms with Crippen molar-refractivity contribution in [3.05, 3.63) is 83.4 Å². The largest absolute Gasteiger partial charge is 0.372 e. The summed E-state index contributed by atoms with van der Waals surface area (Å²) >= 11 is 0. The fourth-order valence-electron chi connectivity index (χ4n) is 4.68. The standard InChI is InChI=1S/C29H28F3N5O2/c1-17-15-37(16-18(2)39-17)27-6-4-5-24(36-27)25-10-8-20-13-33-21(12-26(20)35-25)14-34-28(38)19-7-9-23(30)22(11-19)29(3,31)32/h4-13,17-18H,14-16H2,1-3H3,(H,34,38)/t17-,18+. The SMILES string of the molecule is C[C@@H]1CN(c2cccc(-c3ccc4cnc(CNC(=O)c5ccc(F)c(C(C)(F)F)c5)cc4n3)n2)C[C@H](C)O1. The maximum absolute atomic E-state index is 13.8. The van der Waals surface area contributed by atoms with Crippen LogP contribution in [0.2, 0.25) is 0 Å². The van der Waals surface area contributed by atoms with Gasteiger partial charge < -0.3 is 15.0 Å². The Morgan fingerprint density at radius 1 is 1.05 bits per heavy atom. The molecule has 1 aliphatic rings. The number of ether oxygens (including phenoxy) is 1. The number of pyridine rings is 3. The van der Waals surface area contributed by atoms with Crippen LogP contribution in [0.1, 0.15) is 42.4 Å². The number of nitrogens with one attached hydrogen (secondary N) is 1. The number of carbonyl (C=O) groups excluding carboxylic acids is 1. The number of nitrogens with zero attached hydrogens (tertiary/aromatic N) is 4. The van der Waals surface area contributed by atoms with E-state index in [1.54, 1.807) is 12.3 Å². The number of aromatic nitrogens is 3. The molecule has 4 heterocycles. The summed E-state index contributed by atoms with van der Waals surface area (Å²) in [5, 5.41) is 3.46. The van der Waals surface area contributed by atoms with E-state index < -0.39 is 23.2 Å². The highest BCUT2D eigenvalue weighted by Crippen LogP contribution is 2.30. The van der Waals surface area contributed by atoms with Gasteiger partial charge in [0.15, 0.2) is 0 Å². The number of morpholine rings is 1. The second-order valence-electron chi connectivity index (χ2n) is 9.87. The molecule has 1 aromatic carbocycles. The summed E-state index contributed by atoms with van der Waals surface area (Å²) < 4.78 is 46.9. The van der Waals surface area contributed by atoms with Gasteiger partial charge in [-0.05, 0) is 62.4 Å². The van der Waals surface area contributed by atoms with Crippen LogP contribution in [0.25, 0.3) is 22.3 Å². The first-order chi connectivity index (χ1) is 18.6. The summed E-state index contributed by atoms with van der Waals surface area (Å²) in [6, 6.07) is 14.3. The molecular weight excluding hydrogens is 507 g/mol. The number of halogens is 3. The smallest absolute Gasteiger partial charge is 0.273 e. The number of benzene rings is 1. The van der Waals surface area contributed by atoms with Gasteiger partial charge in [0.2, 0.25) is 0 Å². The van der Waals surface area contributed by atoms with Crippen molar-refractivity contribution in [1.29, 1.82) is 0 Å². The van der Waals surface area contributed by atoms with Crippen LogP contribution in [0.3, 0.4) is 0 Å². The summed E-state index contributed by atoms with van der Waals surface area (Å²) in [6.45, 7) is 6.23. The average molecular weight is 536 g/mol. The Labute approximate surface area is 224 Å². The number of carbonyl (C=O) groups is 1.